The summed E-state index contributed by atoms with van der Waals surface area (Å²) in [6.07, 6.45) is 0. The topological polar surface area (TPSA) is 140 Å². The number of amides is 3. The van der Waals surface area contributed by atoms with Crippen LogP contribution in [0.25, 0.3) is 0 Å². The number of amidine groups is 1. The maximum Gasteiger partial charge on any atom is 0.327 e. The summed E-state index contributed by atoms with van der Waals surface area (Å²) in [4.78, 5) is 56.3. The first kappa shape index (κ1) is 27.6. The third-order valence-corrected chi connectivity index (χ3v) is 8.51. The number of carboxylic acids is 1. The van der Waals surface area contributed by atoms with Crippen LogP contribution in [0.3, 0.4) is 0 Å². The first-order valence-electron chi connectivity index (χ1n) is 11.9. The molecule has 2 saturated heterocycles. The highest BCUT2D eigenvalue weighted by Crippen LogP contribution is 2.50. The average Bonchev–Trinajstić information content (AvgIpc) is 3.48. The number of aliphatic imine (C=N–C) groups is 1. The van der Waals surface area contributed by atoms with E-state index in [9.17, 15) is 28.7 Å². The number of aliphatic carboxylic acids is 1. The second kappa shape index (κ2) is 11.1. The molecule has 13 heteroatoms. The Morgan fingerprint density at radius 1 is 1.26 bits per heavy atom. The summed E-state index contributed by atoms with van der Waals surface area (Å²) in [5.41, 5.74) is 1.02. The van der Waals surface area contributed by atoms with E-state index < -0.39 is 57.8 Å². The van der Waals surface area contributed by atoms with Gasteiger partial charge in [-0.05, 0) is 55.3 Å². The maximum absolute atomic E-state index is 13.7. The molecular formula is C25H28FN5O5S2. The lowest BCUT2D eigenvalue weighted by atomic mass is 9.95. The van der Waals surface area contributed by atoms with Gasteiger partial charge in [-0.25, -0.2) is 9.18 Å². The monoisotopic (exact) mass is 561 g/mol. The maximum atomic E-state index is 13.7. The molecule has 0 spiro atoms. The number of rotatable bonds is 9. The second-order valence-electron chi connectivity index (χ2n) is 9.35. The number of thiophene rings is 1. The van der Waals surface area contributed by atoms with Gasteiger partial charge in [0.25, 0.3) is 0 Å². The van der Waals surface area contributed by atoms with E-state index in [1.54, 1.807) is 42.8 Å². The molecule has 0 bridgehead atoms. The minimum atomic E-state index is -1.10. The number of β-lactam (4-membered cyclic amide) rings is 1. The van der Waals surface area contributed by atoms with Crippen LogP contribution in [0, 0.1) is 5.82 Å². The first-order chi connectivity index (χ1) is 18.0. The lowest BCUT2D eigenvalue weighted by Gasteiger charge is -2.43. The molecule has 38 heavy (non-hydrogen) atoms. The number of thioether (sulfide) groups is 1. The number of carboxylic acid groups (broad SMARTS) is 1. The van der Waals surface area contributed by atoms with Gasteiger partial charge in [0.1, 0.15) is 41.7 Å². The molecule has 4 rings (SSSR count). The largest absolute Gasteiger partial charge is 0.480 e. The molecule has 2 aliphatic rings. The van der Waals surface area contributed by atoms with E-state index in [2.05, 4.69) is 20.9 Å². The summed E-state index contributed by atoms with van der Waals surface area (Å²) in [7, 11) is 0. The summed E-state index contributed by atoms with van der Waals surface area (Å²) < 4.78 is 12.9. The van der Waals surface area contributed by atoms with Crippen molar-refractivity contribution in [1.82, 2.24) is 20.9 Å². The van der Waals surface area contributed by atoms with Crippen LogP contribution in [0.4, 0.5) is 4.39 Å². The van der Waals surface area contributed by atoms with Crippen LogP contribution in [0.1, 0.15) is 37.9 Å². The Morgan fingerprint density at radius 3 is 2.66 bits per heavy atom. The fraction of sp³-hybridized carbons (Fsp3) is 0.400. The SMILES string of the molecule is CCNC(=NCC(=O)NC(C(=O)N[C@@H]1C(=O)N2[C@@H]1SC(C)(C)[C@@H]2C(=O)O)c1ccsc1)c1cccc(F)c1. The van der Waals surface area contributed by atoms with Crippen molar-refractivity contribution in [3.63, 3.8) is 0 Å². The fourth-order valence-corrected chi connectivity index (χ4v) is 6.84. The zero-order valence-electron chi connectivity index (χ0n) is 20.9. The molecule has 2 aromatic rings. The number of carbonyl (C=O) groups is 4. The van der Waals surface area contributed by atoms with Crippen LogP contribution >= 0.6 is 23.1 Å². The van der Waals surface area contributed by atoms with E-state index in [0.717, 1.165) is 0 Å². The lowest BCUT2D eigenvalue weighted by Crippen LogP contribution is -2.71. The third-order valence-electron chi connectivity index (χ3n) is 6.24. The summed E-state index contributed by atoms with van der Waals surface area (Å²) >= 11 is 2.66. The molecule has 1 unspecified atom stereocenters. The van der Waals surface area contributed by atoms with Crippen LogP contribution in [-0.4, -0.2) is 74.8 Å². The van der Waals surface area contributed by atoms with Crippen molar-refractivity contribution in [2.45, 2.75) is 49.0 Å². The first-order valence-corrected chi connectivity index (χ1v) is 13.7. The minimum absolute atomic E-state index is 0.324. The molecule has 1 aromatic carbocycles. The van der Waals surface area contributed by atoms with E-state index in [4.69, 9.17) is 0 Å². The van der Waals surface area contributed by atoms with E-state index in [1.807, 2.05) is 6.92 Å². The van der Waals surface area contributed by atoms with Gasteiger partial charge in [-0.15, -0.1) is 11.8 Å². The molecule has 2 aliphatic heterocycles. The zero-order valence-corrected chi connectivity index (χ0v) is 22.6. The van der Waals surface area contributed by atoms with Gasteiger partial charge in [0, 0.05) is 16.9 Å². The Balaban J connectivity index is 1.46. The molecule has 3 amide bonds. The zero-order chi connectivity index (χ0) is 27.6. The summed E-state index contributed by atoms with van der Waals surface area (Å²) in [6, 6.07) is 4.53. The number of fused-ring (bicyclic) bond motifs is 1. The smallest absolute Gasteiger partial charge is 0.327 e. The van der Waals surface area contributed by atoms with E-state index in [-0.39, 0.29) is 6.54 Å². The molecule has 0 radical (unpaired) electrons. The van der Waals surface area contributed by atoms with Gasteiger partial charge in [0.05, 0.1) is 0 Å². The highest BCUT2D eigenvalue weighted by molar-refractivity contribution is 8.01. The quantitative estimate of drug-likeness (QED) is 0.208. The Kier molecular flexibility index (Phi) is 8.07. The highest BCUT2D eigenvalue weighted by atomic mass is 32.2. The van der Waals surface area contributed by atoms with Crippen LogP contribution in [0.2, 0.25) is 0 Å². The number of nitrogens with zero attached hydrogens (tertiary/aromatic N) is 2. The number of nitrogens with one attached hydrogen (secondary N) is 3. The molecular weight excluding hydrogens is 533 g/mol. The van der Waals surface area contributed by atoms with Gasteiger partial charge in [-0.1, -0.05) is 12.1 Å². The Hall–Kier alpha value is -3.45. The molecule has 3 heterocycles. The number of hydrogen-bond acceptors (Lipinski definition) is 7. The van der Waals surface area contributed by atoms with Crippen molar-refractivity contribution in [1.29, 1.82) is 0 Å². The molecule has 10 nitrogen and oxygen atoms in total. The number of carbonyl (C=O) groups excluding carboxylic acids is 3. The van der Waals surface area contributed by atoms with Crippen molar-refractivity contribution in [3.8, 4) is 0 Å². The number of benzene rings is 1. The predicted octanol–water partition coefficient (Wildman–Crippen LogP) is 1.73. The predicted molar refractivity (Wildman–Crippen MR) is 142 cm³/mol. The van der Waals surface area contributed by atoms with Crippen molar-refractivity contribution in [2.24, 2.45) is 4.99 Å². The van der Waals surface area contributed by atoms with Gasteiger partial charge in [-0.2, -0.15) is 11.3 Å². The van der Waals surface area contributed by atoms with Crippen LogP contribution in [0.15, 0.2) is 46.1 Å². The van der Waals surface area contributed by atoms with E-state index in [1.165, 1.54) is 40.1 Å². The molecule has 4 N–H and O–H groups in total. The van der Waals surface area contributed by atoms with Gasteiger partial charge >= 0.3 is 5.97 Å². The lowest BCUT2D eigenvalue weighted by molar-refractivity contribution is -0.161. The second-order valence-corrected chi connectivity index (χ2v) is 11.9. The van der Waals surface area contributed by atoms with Crippen molar-refractivity contribution in [2.75, 3.05) is 13.1 Å². The van der Waals surface area contributed by atoms with Crippen LogP contribution in [-0.2, 0) is 19.2 Å². The minimum Gasteiger partial charge on any atom is -0.480 e. The van der Waals surface area contributed by atoms with E-state index in [0.29, 0.717) is 23.5 Å². The van der Waals surface area contributed by atoms with Gasteiger partial charge < -0.3 is 26.0 Å². The normalized spacial score (nSPS) is 22.7. The molecule has 202 valence electrons. The number of halogens is 1. The Bertz CT molecular complexity index is 1270. The Morgan fingerprint density at radius 2 is 2.03 bits per heavy atom. The summed E-state index contributed by atoms with van der Waals surface area (Å²) in [6.45, 7) is 5.53. The summed E-state index contributed by atoms with van der Waals surface area (Å²) in [5, 5.41) is 20.9. The van der Waals surface area contributed by atoms with Gasteiger partial charge in [0.2, 0.25) is 17.7 Å². The van der Waals surface area contributed by atoms with Gasteiger partial charge in [0.15, 0.2) is 0 Å². The molecule has 4 atom stereocenters. The molecule has 2 fully saturated rings. The van der Waals surface area contributed by atoms with Gasteiger partial charge in [-0.3, -0.25) is 19.4 Å². The van der Waals surface area contributed by atoms with Crippen LogP contribution in [0.5, 0.6) is 0 Å². The highest BCUT2D eigenvalue weighted by Gasteiger charge is 2.64. The van der Waals surface area contributed by atoms with Crippen molar-refractivity contribution < 1.29 is 28.7 Å². The molecule has 0 aliphatic carbocycles. The van der Waals surface area contributed by atoms with Crippen molar-refractivity contribution >= 4 is 52.6 Å². The average molecular weight is 562 g/mol. The van der Waals surface area contributed by atoms with Crippen LogP contribution < -0.4 is 16.0 Å². The Labute approximate surface area is 227 Å². The third kappa shape index (κ3) is 5.53. The molecule has 1 aromatic heterocycles. The standard InChI is InChI=1S/C25H28FN5O5S2/c1-4-27-20(13-6-5-7-15(26)10-13)28-11-16(32)29-17(14-8-9-37-12-14)21(33)30-18-22(34)31-19(24(35)36)25(2,3)38-23(18)31/h5-10,12,17-19,23H,4,11H2,1-3H3,(H,27,28)(H,29,32)(H,30,33)(H,35,36)/t17?,18-,19+,23-/m1/s1. The molecule has 0 saturated carbocycles. The number of hydrogen-bond donors (Lipinski definition) is 4. The summed E-state index contributed by atoms with van der Waals surface area (Å²) in [5.74, 6) is -2.80. The van der Waals surface area contributed by atoms with Crippen molar-refractivity contribution in [3.05, 3.63) is 58.0 Å². The van der Waals surface area contributed by atoms with E-state index >= 15 is 0 Å². The fourth-order valence-electron chi connectivity index (χ4n) is 4.53.